The van der Waals surface area contributed by atoms with Crippen molar-refractivity contribution in [2.45, 2.75) is 19.8 Å². The summed E-state index contributed by atoms with van der Waals surface area (Å²) >= 11 is 1.62. The minimum Gasteiger partial charge on any atom is -0.355 e. The number of rotatable bonds is 7. The fourth-order valence-corrected chi connectivity index (χ4v) is 1.93. The van der Waals surface area contributed by atoms with Crippen LogP contribution in [0.5, 0.6) is 0 Å². The number of hydrogen-bond donors (Lipinski definition) is 2. The van der Waals surface area contributed by atoms with Crippen molar-refractivity contribution < 1.29 is 4.79 Å². The van der Waals surface area contributed by atoms with Gasteiger partial charge in [0.2, 0.25) is 5.91 Å². The number of carbonyl (C=O) groups is 1. The summed E-state index contributed by atoms with van der Waals surface area (Å²) in [6, 6.07) is 3.95. The monoisotopic (exact) mass is 226 g/mol. The van der Waals surface area contributed by atoms with Gasteiger partial charge in [0, 0.05) is 18.0 Å². The average molecular weight is 226 g/mol. The van der Waals surface area contributed by atoms with Crippen molar-refractivity contribution in [2.75, 3.05) is 19.6 Å². The first-order chi connectivity index (χ1) is 7.33. The van der Waals surface area contributed by atoms with Crippen LogP contribution in [0.3, 0.4) is 0 Å². The molecule has 0 radical (unpaired) electrons. The summed E-state index contributed by atoms with van der Waals surface area (Å²) in [6.07, 6.45) is 1.63. The molecule has 1 amide bonds. The Morgan fingerprint density at radius 2 is 2.27 bits per heavy atom. The number of hydrogen-bond acceptors (Lipinski definition) is 3. The maximum absolute atomic E-state index is 11.4. The molecule has 0 unspecified atom stereocenters. The van der Waals surface area contributed by atoms with Gasteiger partial charge >= 0.3 is 0 Å². The smallest absolute Gasteiger partial charge is 0.225 e. The first-order valence-electron chi connectivity index (χ1n) is 5.32. The highest BCUT2D eigenvalue weighted by molar-refractivity contribution is 7.10. The van der Waals surface area contributed by atoms with E-state index in [1.807, 2.05) is 17.5 Å². The molecule has 2 N–H and O–H groups in total. The lowest BCUT2D eigenvalue weighted by Gasteiger charge is -2.05. The Morgan fingerprint density at radius 3 is 2.93 bits per heavy atom. The van der Waals surface area contributed by atoms with Crippen LogP contribution in [0, 0.1) is 0 Å². The molecule has 0 saturated heterocycles. The van der Waals surface area contributed by atoms with Crippen LogP contribution in [0.1, 0.15) is 18.2 Å². The third-order valence-electron chi connectivity index (χ3n) is 1.97. The van der Waals surface area contributed by atoms with Gasteiger partial charge in [0.1, 0.15) is 0 Å². The number of amides is 1. The number of thiophene rings is 1. The van der Waals surface area contributed by atoms with E-state index in [2.05, 4.69) is 17.6 Å². The molecule has 4 heteroatoms. The Kier molecular flexibility index (Phi) is 6.04. The highest BCUT2D eigenvalue weighted by atomic mass is 32.1. The number of nitrogens with one attached hydrogen (secondary N) is 2. The van der Waals surface area contributed by atoms with Gasteiger partial charge in [-0.05, 0) is 24.4 Å². The van der Waals surface area contributed by atoms with E-state index in [1.165, 1.54) is 0 Å². The fraction of sp³-hybridized carbons (Fsp3) is 0.545. The molecular formula is C11H18N2OS. The van der Waals surface area contributed by atoms with Crippen molar-refractivity contribution in [3.05, 3.63) is 22.4 Å². The molecule has 1 rings (SSSR count). The molecule has 1 aromatic rings. The zero-order valence-corrected chi connectivity index (χ0v) is 9.90. The van der Waals surface area contributed by atoms with E-state index in [1.54, 1.807) is 11.3 Å². The second-order valence-electron chi connectivity index (χ2n) is 3.36. The van der Waals surface area contributed by atoms with E-state index >= 15 is 0 Å². The van der Waals surface area contributed by atoms with Crippen LogP contribution < -0.4 is 10.6 Å². The van der Waals surface area contributed by atoms with E-state index in [0.29, 0.717) is 13.0 Å². The van der Waals surface area contributed by atoms with Gasteiger partial charge in [-0.15, -0.1) is 11.3 Å². The predicted octanol–water partition coefficient (Wildman–Crippen LogP) is 1.41. The predicted molar refractivity (Wildman–Crippen MR) is 64.2 cm³/mol. The quantitative estimate of drug-likeness (QED) is 0.690. The summed E-state index contributed by atoms with van der Waals surface area (Å²) in [5.74, 6) is 0.107. The minimum atomic E-state index is 0.107. The van der Waals surface area contributed by atoms with Gasteiger partial charge in [0.05, 0.1) is 6.42 Å². The van der Waals surface area contributed by atoms with Crippen LogP contribution in [0.4, 0.5) is 0 Å². The summed E-state index contributed by atoms with van der Waals surface area (Å²) in [6.45, 7) is 4.71. The Morgan fingerprint density at radius 1 is 1.40 bits per heavy atom. The molecule has 0 atom stereocenters. The first-order valence-corrected chi connectivity index (χ1v) is 6.20. The summed E-state index contributed by atoms with van der Waals surface area (Å²) in [4.78, 5) is 12.5. The van der Waals surface area contributed by atoms with Crippen molar-refractivity contribution in [3.8, 4) is 0 Å². The normalized spacial score (nSPS) is 10.2. The molecule has 0 saturated carbocycles. The zero-order valence-electron chi connectivity index (χ0n) is 9.08. The van der Waals surface area contributed by atoms with Crippen molar-refractivity contribution in [1.29, 1.82) is 0 Å². The maximum Gasteiger partial charge on any atom is 0.225 e. The molecule has 15 heavy (non-hydrogen) atoms. The molecule has 0 aliphatic rings. The molecule has 0 aromatic carbocycles. The maximum atomic E-state index is 11.4. The third kappa shape index (κ3) is 5.54. The van der Waals surface area contributed by atoms with Crippen molar-refractivity contribution in [3.63, 3.8) is 0 Å². The molecule has 0 bridgehead atoms. The van der Waals surface area contributed by atoms with Crippen LogP contribution in [0.2, 0.25) is 0 Å². The van der Waals surface area contributed by atoms with E-state index in [0.717, 1.165) is 24.4 Å². The van der Waals surface area contributed by atoms with Crippen LogP contribution in [-0.2, 0) is 11.2 Å². The van der Waals surface area contributed by atoms with E-state index in [-0.39, 0.29) is 5.91 Å². The van der Waals surface area contributed by atoms with Crippen molar-refractivity contribution in [1.82, 2.24) is 10.6 Å². The molecule has 3 nitrogen and oxygen atoms in total. The fourth-order valence-electron chi connectivity index (χ4n) is 1.23. The highest BCUT2D eigenvalue weighted by Gasteiger charge is 2.02. The molecular weight excluding hydrogens is 208 g/mol. The molecule has 0 spiro atoms. The molecule has 0 aliphatic carbocycles. The summed E-state index contributed by atoms with van der Waals surface area (Å²) in [5.41, 5.74) is 0. The third-order valence-corrected chi connectivity index (χ3v) is 2.84. The lowest BCUT2D eigenvalue weighted by Crippen LogP contribution is -2.32. The Labute approximate surface area is 94.9 Å². The Balaban J connectivity index is 2.04. The molecule has 0 aliphatic heterocycles. The van der Waals surface area contributed by atoms with E-state index in [9.17, 15) is 4.79 Å². The standard InChI is InChI=1S/C11H18N2OS/c1-2-5-12-6-7-13-11(14)9-10-4-3-8-15-10/h3-4,8,12H,2,5-7,9H2,1H3,(H,13,14). The van der Waals surface area contributed by atoms with E-state index < -0.39 is 0 Å². The zero-order chi connectivity index (χ0) is 10.9. The minimum absolute atomic E-state index is 0.107. The molecule has 84 valence electrons. The van der Waals surface area contributed by atoms with Gasteiger partial charge < -0.3 is 10.6 Å². The van der Waals surface area contributed by atoms with Crippen LogP contribution >= 0.6 is 11.3 Å². The van der Waals surface area contributed by atoms with Gasteiger partial charge in [0.25, 0.3) is 0 Å². The van der Waals surface area contributed by atoms with Gasteiger partial charge in [-0.25, -0.2) is 0 Å². The first kappa shape index (κ1) is 12.2. The lowest BCUT2D eigenvalue weighted by molar-refractivity contribution is -0.120. The molecule has 1 heterocycles. The largest absolute Gasteiger partial charge is 0.355 e. The highest BCUT2D eigenvalue weighted by Crippen LogP contribution is 2.08. The van der Waals surface area contributed by atoms with Crippen LogP contribution in [0.15, 0.2) is 17.5 Å². The van der Waals surface area contributed by atoms with Gasteiger partial charge in [0.15, 0.2) is 0 Å². The Hall–Kier alpha value is -0.870. The van der Waals surface area contributed by atoms with Gasteiger partial charge in [-0.3, -0.25) is 4.79 Å². The lowest BCUT2D eigenvalue weighted by atomic mass is 10.3. The summed E-state index contributed by atoms with van der Waals surface area (Å²) < 4.78 is 0. The van der Waals surface area contributed by atoms with Crippen LogP contribution in [-0.4, -0.2) is 25.5 Å². The van der Waals surface area contributed by atoms with Crippen LogP contribution in [0.25, 0.3) is 0 Å². The van der Waals surface area contributed by atoms with Gasteiger partial charge in [-0.1, -0.05) is 13.0 Å². The second-order valence-corrected chi connectivity index (χ2v) is 4.39. The van der Waals surface area contributed by atoms with E-state index in [4.69, 9.17) is 0 Å². The average Bonchev–Trinajstić information content (AvgIpc) is 2.70. The Bertz CT molecular complexity index is 272. The number of carbonyl (C=O) groups excluding carboxylic acids is 1. The topological polar surface area (TPSA) is 41.1 Å². The summed E-state index contributed by atoms with van der Waals surface area (Å²) in [5, 5.41) is 8.11. The molecule has 1 aromatic heterocycles. The molecule has 0 fully saturated rings. The van der Waals surface area contributed by atoms with Crippen molar-refractivity contribution in [2.24, 2.45) is 0 Å². The second kappa shape index (κ2) is 7.43. The van der Waals surface area contributed by atoms with Crippen molar-refractivity contribution >= 4 is 17.2 Å². The summed E-state index contributed by atoms with van der Waals surface area (Å²) in [7, 11) is 0. The SMILES string of the molecule is CCCNCCNC(=O)Cc1cccs1. The van der Waals surface area contributed by atoms with Gasteiger partial charge in [-0.2, -0.15) is 0 Å².